The highest BCUT2D eigenvalue weighted by Gasteiger charge is 2.15. The van der Waals surface area contributed by atoms with E-state index in [0.717, 1.165) is 16.8 Å². The van der Waals surface area contributed by atoms with Crippen molar-refractivity contribution in [2.45, 2.75) is 13.8 Å². The van der Waals surface area contributed by atoms with Gasteiger partial charge in [0.25, 0.3) is 5.91 Å². The fourth-order valence-electron chi connectivity index (χ4n) is 2.59. The Labute approximate surface area is 167 Å². The van der Waals surface area contributed by atoms with E-state index in [4.69, 9.17) is 17.0 Å². The average Bonchev–Trinajstić information content (AvgIpc) is 3.10. The highest BCUT2D eigenvalue weighted by Crippen LogP contribution is 2.25. The van der Waals surface area contributed by atoms with Crippen molar-refractivity contribution in [3.63, 3.8) is 0 Å². The number of thiazole rings is 1. The first kappa shape index (κ1) is 19.0. The van der Waals surface area contributed by atoms with Crippen LogP contribution < -0.4 is 15.4 Å². The molecule has 27 heavy (non-hydrogen) atoms. The Morgan fingerprint density at radius 1 is 1.15 bits per heavy atom. The Balaban J connectivity index is 1.67. The predicted molar refractivity (Wildman–Crippen MR) is 114 cm³/mol. The number of amides is 1. The van der Waals surface area contributed by atoms with Crippen LogP contribution in [0.5, 0.6) is 5.75 Å². The van der Waals surface area contributed by atoms with Crippen molar-refractivity contribution < 1.29 is 9.53 Å². The van der Waals surface area contributed by atoms with Gasteiger partial charge in [-0.25, -0.2) is 4.98 Å². The number of carbonyl (C=O) groups excluding carboxylic acids is 1. The lowest BCUT2D eigenvalue weighted by Crippen LogP contribution is -2.34. The van der Waals surface area contributed by atoms with Gasteiger partial charge < -0.3 is 10.1 Å². The predicted octanol–water partition coefficient (Wildman–Crippen LogP) is 4.56. The summed E-state index contributed by atoms with van der Waals surface area (Å²) in [6.45, 7) is 3.93. The number of para-hydroxylation sites is 1. The zero-order valence-electron chi connectivity index (χ0n) is 15.2. The third-order valence-electron chi connectivity index (χ3n) is 3.96. The van der Waals surface area contributed by atoms with E-state index in [9.17, 15) is 4.79 Å². The van der Waals surface area contributed by atoms with Gasteiger partial charge >= 0.3 is 0 Å². The fraction of sp³-hybridized carbons (Fsp3) is 0.150. The number of hydrogen-bond acceptors (Lipinski definition) is 5. The smallest absolute Gasteiger partial charge is 0.261 e. The molecule has 0 bridgehead atoms. The van der Waals surface area contributed by atoms with Crippen LogP contribution in [0.4, 0.5) is 5.13 Å². The summed E-state index contributed by atoms with van der Waals surface area (Å²) < 4.78 is 5.32. The molecule has 0 radical (unpaired) electrons. The maximum atomic E-state index is 12.5. The number of thiocarbonyl (C=S) groups is 1. The SMILES string of the molecule is COc1c(C)cccc1C(=O)NC(=S)Nc1nc(-c2ccc(C)cc2)cs1. The normalized spacial score (nSPS) is 10.3. The second-order valence-electron chi connectivity index (χ2n) is 5.97. The first-order chi connectivity index (χ1) is 13.0. The van der Waals surface area contributed by atoms with Gasteiger partial charge in [0.1, 0.15) is 5.75 Å². The molecule has 1 aromatic heterocycles. The van der Waals surface area contributed by atoms with Crippen LogP contribution in [0, 0.1) is 13.8 Å². The highest BCUT2D eigenvalue weighted by atomic mass is 32.1. The second kappa shape index (κ2) is 8.28. The van der Waals surface area contributed by atoms with Crippen molar-refractivity contribution in [1.29, 1.82) is 0 Å². The first-order valence-electron chi connectivity index (χ1n) is 8.26. The van der Waals surface area contributed by atoms with Gasteiger partial charge in [-0.15, -0.1) is 11.3 Å². The number of ether oxygens (including phenoxy) is 1. The quantitative estimate of drug-likeness (QED) is 0.632. The van der Waals surface area contributed by atoms with E-state index in [1.807, 2.05) is 49.6 Å². The van der Waals surface area contributed by atoms with Gasteiger partial charge in [-0.3, -0.25) is 10.1 Å². The minimum Gasteiger partial charge on any atom is -0.496 e. The third-order valence-corrected chi connectivity index (χ3v) is 4.92. The van der Waals surface area contributed by atoms with Crippen molar-refractivity contribution in [2.75, 3.05) is 12.4 Å². The zero-order valence-corrected chi connectivity index (χ0v) is 16.8. The summed E-state index contributed by atoms with van der Waals surface area (Å²) in [5.74, 6) is 0.206. The molecule has 138 valence electrons. The molecule has 0 atom stereocenters. The van der Waals surface area contributed by atoms with Crippen LogP contribution in [0.3, 0.4) is 0 Å². The Morgan fingerprint density at radius 3 is 2.59 bits per heavy atom. The molecule has 5 nitrogen and oxygen atoms in total. The molecule has 0 aliphatic rings. The van der Waals surface area contributed by atoms with E-state index in [1.165, 1.54) is 24.0 Å². The van der Waals surface area contributed by atoms with Crippen LogP contribution >= 0.6 is 23.6 Å². The lowest BCUT2D eigenvalue weighted by Gasteiger charge is -2.12. The number of nitrogens with zero attached hydrogens (tertiary/aromatic N) is 1. The molecule has 0 unspecified atom stereocenters. The lowest BCUT2D eigenvalue weighted by molar-refractivity contribution is 0.0974. The molecule has 0 fully saturated rings. The van der Waals surface area contributed by atoms with Crippen LogP contribution in [-0.4, -0.2) is 23.1 Å². The Kier molecular flexibility index (Phi) is 5.83. The van der Waals surface area contributed by atoms with Crippen molar-refractivity contribution in [3.8, 4) is 17.0 Å². The van der Waals surface area contributed by atoms with E-state index in [-0.39, 0.29) is 11.0 Å². The minimum absolute atomic E-state index is 0.188. The number of carbonyl (C=O) groups is 1. The van der Waals surface area contributed by atoms with Crippen molar-refractivity contribution in [3.05, 3.63) is 64.5 Å². The molecule has 3 aromatic rings. The number of aromatic nitrogens is 1. The Hall–Kier alpha value is -2.77. The van der Waals surface area contributed by atoms with E-state index in [0.29, 0.717) is 16.4 Å². The number of methoxy groups -OCH3 is 1. The number of anilines is 1. The highest BCUT2D eigenvalue weighted by molar-refractivity contribution is 7.80. The Bertz CT molecular complexity index is 981. The van der Waals surface area contributed by atoms with Crippen LogP contribution in [-0.2, 0) is 0 Å². The van der Waals surface area contributed by atoms with Gasteiger partial charge in [-0.1, -0.05) is 42.0 Å². The standard InChI is InChI=1S/C20H19N3O2S2/c1-12-7-9-14(10-8-12)16-11-27-20(21-16)23-19(26)22-18(24)15-6-4-5-13(2)17(15)25-3/h4-11H,1-3H3,(H2,21,22,23,24,26). The van der Waals surface area contributed by atoms with Gasteiger partial charge in [0.2, 0.25) is 0 Å². The first-order valence-corrected chi connectivity index (χ1v) is 9.55. The van der Waals surface area contributed by atoms with Gasteiger partial charge in [-0.2, -0.15) is 0 Å². The lowest BCUT2D eigenvalue weighted by atomic mass is 10.1. The molecule has 0 saturated carbocycles. The van der Waals surface area contributed by atoms with Crippen LogP contribution in [0.25, 0.3) is 11.3 Å². The number of benzene rings is 2. The topological polar surface area (TPSA) is 63.2 Å². The van der Waals surface area contributed by atoms with Crippen molar-refractivity contribution in [1.82, 2.24) is 10.3 Å². The summed E-state index contributed by atoms with van der Waals surface area (Å²) in [6.07, 6.45) is 0. The molecule has 2 aromatic carbocycles. The molecule has 0 saturated heterocycles. The number of aryl methyl sites for hydroxylation is 2. The summed E-state index contributed by atoms with van der Waals surface area (Å²) in [7, 11) is 1.54. The van der Waals surface area contributed by atoms with E-state index in [1.54, 1.807) is 12.1 Å². The molecule has 2 N–H and O–H groups in total. The molecular formula is C20H19N3O2S2. The molecule has 3 rings (SSSR count). The van der Waals surface area contributed by atoms with Gasteiger partial charge in [0.05, 0.1) is 18.4 Å². The van der Waals surface area contributed by atoms with Gasteiger partial charge in [0, 0.05) is 10.9 Å². The molecule has 1 amide bonds. The van der Waals surface area contributed by atoms with Crippen LogP contribution in [0.1, 0.15) is 21.5 Å². The van der Waals surface area contributed by atoms with E-state index < -0.39 is 0 Å². The summed E-state index contributed by atoms with van der Waals surface area (Å²) in [5, 5.41) is 8.38. The maximum Gasteiger partial charge on any atom is 0.261 e. The van der Waals surface area contributed by atoms with Crippen LogP contribution in [0.15, 0.2) is 47.8 Å². The molecular weight excluding hydrogens is 378 g/mol. The van der Waals surface area contributed by atoms with Crippen molar-refractivity contribution in [2.24, 2.45) is 0 Å². The summed E-state index contributed by atoms with van der Waals surface area (Å²) in [6, 6.07) is 13.5. The van der Waals surface area contributed by atoms with Gasteiger partial charge in [-0.05, 0) is 37.7 Å². The summed E-state index contributed by atoms with van der Waals surface area (Å²) in [4.78, 5) is 17.0. The zero-order chi connectivity index (χ0) is 19.4. The number of hydrogen-bond donors (Lipinski definition) is 2. The minimum atomic E-state index is -0.330. The summed E-state index contributed by atoms with van der Waals surface area (Å²) >= 11 is 6.67. The van der Waals surface area contributed by atoms with Crippen molar-refractivity contribution >= 4 is 39.7 Å². The largest absolute Gasteiger partial charge is 0.496 e. The molecule has 0 spiro atoms. The molecule has 0 aliphatic carbocycles. The monoisotopic (exact) mass is 397 g/mol. The Morgan fingerprint density at radius 2 is 1.89 bits per heavy atom. The van der Waals surface area contributed by atoms with Crippen LogP contribution in [0.2, 0.25) is 0 Å². The number of nitrogens with one attached hydrogen (secondary N) is 2. The fourth-order valence-corrected chi connectivity index (χ4v) is 3.57. The summed E-state index contributed by atoms with van der Waals surface area (Å²) in [5.41, 5.74) is 4.40. The molecule has 7 heteroatoms. The van der Waals surface area contributed by atoms with Gasteiger partial charge in [0.15, 0.2) is 10.2 Å². The molecule has 0 aliphatic heterocycles. The second-order valence-corrected chi connectivity index (χ2v) is 7.23. The average molecular weight is 398 g/mol. The number of rotatable bonds is 4. The maximum absolute atomic E-state index is 12.5. The van der Waals surface area contributed by atoms with E-state index >= 15 is 0 Å². The third kappa shape index (κ3) is 4.50. The van der Waals surface area contributed by atoms with E-state index in [2.05, 4.69) is 15.6 Å². The molecule has 1 heterocycles.